The zero-order chi connectivity index (χ0) is 17.4. The maximum atomic E-state index is 13.6. The molecule has 0 saturated carbocycles. The second kappa shape index (κ2) is 5.50. The Morgan fingerprint density at radius 3 is 2.54 bits per heavy atom. The summed E-state index contributed by atoms with van der Waals surface area (Å²) in [6.07, 6.45) is -1.51. The number of hydrogen-bond acceptors (Lipinski definition) is 5. The van der Waals surface area contributed by atoms with E-state index in [0.29, 0.717) is 4.68 Å². The van der Waals surface area contributed by atoms with Gasteiger partial charge < -0.3 is 19.9 Å². The van der Waals surface area contributed by atoms with Gasteiger partial charge in [0.2, 0.25) is 5.76 Å². The van der Waals surface area contributed by atoms with Gasteiger partial charge in [0.25, 0.3) is 5.91 Å². The van der Waals surface area contributed by atoms with Gasteiger partial charge in [-0.1, -0.05) is 12.1 Å². The number of aromatic nitrogens is 2. The summed E-state index contributed by atoms with van der Waals surface area (Å²) in [6.45, 7) is 0. The zero-order valence-corrected chi connectivity index (χ0v) is 11.7. The highest BCUT2D eigenvalue weighted by Crippen LogP contribution is 2.27. The number of benzene rings is 1. The van der Waals surface area contributed by atoms with Gasteiger partial charge in [-0.3, -0.25) is 4.79 Å². The summed E-state index contributed by atoms with van der Waals surface area (Å²) >= 11 is 0. The Bertz CT molecular complexity index is 990. The van der Waals surface area contributed by atoms with E-state index in [-0.39, 0.29) is 22.5 Å². The number of carboxylic acid groups (broad SMARTS) is 2. The van der Waals surface area contributed by atoms with Crippen LogP contribution in [0.5, 0.6) is 0 Å². The lowest BCUT2D eigenvalue weighted by Gasteiger charge is -2.02. The van der Waals surface area contributed by atoms with Gasteiger partial charge >= 0.3 is 12.1 Å². The highest BCUT2D eigenvalue weighted by atomic mass is 19.1. The minimum absolute atomic E-state index is 0.163. The van der Waals surface area contributed by atoms with Crippen molar-refractivity contribution in [3.05, 3.63) is 47.5 Å². The topological polar surface area (TPSA) is 135 Å². The minimum atomic E-state index is -1.51. The molecule has 1 aromatic carbocycles. The molecule has 2 heterocycles. The number of rotatable bonds is 3. The Morgan fingerprint density at radius 1 is 1.21 bits per heavy atom. The lowest BCUT2D eigenvalue weighted by atomic mass is 10.2. The first-order valence-corrected chi connectivity index (χ1v) is 6.43. The van der Waals surface area contributed by atoms with Gasteiger partial charge in [0.05, 0.1) is 5.56 Å². The van der Waals surface area contributed by atoms with Crippen LogP contribution in [0, 0.1) is 5.82 Å². The number of amides is 1. The molecular weight excluding hydrogens is 325 g/mol. The summed E-state index contributed by atoms with van der Waals surface area (Å²) in [5.41, 5.74) is -0.705. The van der Waals surface area contributed by atoms with Gasteiger partial charge in [0.1, 0.15) is 11.3 Å². The summed E-state index contributed by atoms with van der Waals surface area (Å²) < 4.78 is 19.1. The van der Waals surface area contributed by atoms with Crippen molar-refractivity contribution in [1.29, 1.82) is 0 Å². The van der Waals surface area contributed by atoms with Gasteiger partial charge in [0.15, 0.2) is 11.4 Å². The maximum absolute atomic E-state index is 13.6. The predicted octanol–water partition coefficient (Wildman–Crippen LogP) is 2.24. The first-order chi connectivity index (χ1) is 11.4. The van der Waals surface area contributed by atoms with E-state index in [2.05, 4.69) is 10.4 Å². The molecule has 0 aliphatic carbocycles. The monoisotopic (exact) mass is 333 g/mol. The normalized spacial score (nSPS) is 10.7. The predicted molar refractivity (Wildman–Crippen MR) is 76.7 cm³/mol. The van der Waals surface area contributed by atoms with Gasteiger partial charge in [-0.15, -0.1) is 5.10 Å². The van der Waals surface area contributed by atoms with Crippen LogP contribution >= 0.6 is 0 Å². The largest absolute Gasteiger partial charge is 0.475 e. The van der Waals surface area contributed by atoms with Gasteiger partial charge in [-0.05, 0) is 12.1 Å². The molecule has 0 fully saturated rings. The van der Waals surface area contributed by atoms with Crippen LogP contribution in [0.4, 0.5) is 15.0 Å². The zero-order valence-electron chi connectivity index (χ0n) is 11.7. The first kappa shape index (κ1) is 15.2. The molecule has 0 spiro atoms. The highest BCUT2D eigenvalue weighted by molar-refractivity contribution is 6.08. The first-order valence-electron chi connectivity index (χ1n) is 6.43. The van der Waals surface area contributed by atoms with Crippen LogP contribution in [0.15, 0.2) is 34.7 Å². The number of hydrogen-bond donors (Lipinski definition) is 3. The number of furan rings is 1. The fourth-order valence-corrected chi connectivity index (χ4v) is 2.06. The van der Waals surface area contributed by atoms with Crippen LogP contribution in [0.2, 0.25) is 0 Å². The molecule has 1 amide bonds. The average molecular weight is 333 g/mol. The molecule has 122 valence electrons. The lowest BCUT2D eigenvalue weighted by molar-refractivity contribution is 0.0665. The Kier molecular flexibility index (Phi) is 3.49. The average Bonchev–Trinajstić information content (AvgIpc) is 3.08. The Labute approximate surface area is 131 Å². The molecule has 0 saturated heterocycles. The molecule has 3 N–H and O–H groups in total. The fraction of sp³-hybridized carbons (Fsp3) is 0. The second-order valence-electron chi connectivity index (χ2n) is 4.61. The van der Waals surface area contributed by atoms with Crippen LogP contribution in [0.3, 0.4) is 0 Å². The standard InChI is InChI=1S/C14H8FN3O6/c15-7-4-2-1-3-6(7)12(19)16-11-10-8(18(17-11)14(22)23)5-9(24-10)13(20)21/h1-5H,(H,20,21)(H,22,23)(H,16,17,19). The third kappa shape index (κ3) is 2.45. The molecule has 9 nitrogen and oxygen atoms in total. The van der Waals surface area contributed by atoms with Crippen LogP contribution < -0.4 is 5.32 Å². The number of carbonyl (C=O) groups excluding carboxylic acids is 1. The van der Waals surface area contributed by atoms with E-state index in [1.54, 1.807) is 0 Å². The van der Waals surface area contributed by atoms with Gasteiger partial charge in [-0.2, -0.15) is 4.68 Å². The molecule has 3 rings (SSSR count). The summed E-state index contributed by atoms with van der Waals surface area (Å²) in [4.78, 5) is 34.2. The Hall–Kier alpha value is -3.69. The summed E-state index contributed by atoms with van der Waals surface area (Å²) in [7, 11) is 0. The second-order valence-corrected chi connectivity index (χ2v) is 4.61. The smallest absolute Gasteiger partial charge is 0.432 e. The van der Waals surface area contributed by atoms with E-state index < -0.39 is 29.5 Å². The van der Waals surface area contributed by atoms with E-state index in [4.69, 9.17) is 14.6 Å². The van der Waals surface area contributed by atoms with E-state index in [1.165, 1.54) is 18.2 Å². The lowest BCUT2D eigenvalue weighted by Crippen LogP contribution is -2.15. The van der Waals surface area contributed by atoms with Gasteiger partial charge in [0, 0.05) is 6.07 Å². The molecule has 0 aliphatic rings. The quantitative estimate of drug-likeness (QED) is 0.669. The van der Waals surface area contributed by atoms with Crippen molar-refractivity contribution >= 4 is 34.9 Å². The minimum Gasteiger partial charge on any atom is -0.475 e. The number of carboxylic acids is 1. The number of nitrogens with zero attached hydrogens (tertiary/aromatic N) is 2. The van der Waals surface area contributed by atoms with Crippen molar-refractivity contribution < 1.29 is 33.4 Å². The molecule has 0 radical (unpaired) electrons. The summed E-state index contributed by atoms with van der Waals surface area (Å²) in [6, 6.07) is 6.10. The third-order valence-corrected chi connectivity index (χ3v) is 3.10. The molecule has 10 heteroatoms. The number of carbonyl (C=O) groups is 3. The number of anilines is 1. The van der Waals surface area contributed by atoms with Crippen molar-refractivity contribution in [2.75, 3.05) is 5.32 Å². The van der Waals surface area contributed by atoms with Crippen molar-refractivity contribution in [3.63, 3.8) is 0 Å². The number of aromatic carboxylic acids is 1. The Morgan fingerprint density at radius 2 is 1.92 bits per heavy atom. The molecular formula is C14H8FN3O6. The third-order valence-electron chi connectivity index (χ3n) is 3.10. The van der Waals surface area contributed by atoms with E-state index >= 15 is 0 Å². The van der Waals surface area contributed by atoms with Crippen molar-refractivity contribution in [3.8, 4) is 0 Å². The summed E-state index contributed by atoms with van der Waals surface area (Å²) in [5, 5.41) is 23.8. The summed E-state index contributed by atoms with van der Waals surface area (Å²) in [5.74, 6) is -3.96. The Balaban J connectivity index is 2.06. The van der Waals surface area contributed by atoms with Crippen molar-refractivity contribution in [1.82, 2.24) is 9.78 Å². The molecule has 0 atom stereocenters. The van der Waals surface area contributed by atoms with Crippen LogP contribution in [0.25, 0.3) is 11.1 Å². The van der Waals surface area contributed by atoms with E-state index in [0.717, 1.165) is 12.1 Å². The number of nitrogens with one attached hydrogen (secondary N) is 1. The number of fused-ring (bicyclic) bond motifs is 1. The van der Waals surface area contributed by atoms with Crippen LogP contribution in [0.1, 0.15) is 20.9 Å². The molecule has 2 aromatic heterocycles. The number of halogens is 1. The van der Waals surface area contributed by atoms with Crippen molar-refractivity contribution in [2.24, 2.45) is 0 Å². The highest BCUT2D eigenvalue weighted by Gasteiger charge is 2.24. The molecule has 3 aromatic rings. The molecule has 24 heavy (non-hydrogen) atoms. The van der Waals surface area contributed by atoms with Gasteiger partial charge in [-0.25, -0.2) is 14.0 Å². The van der Waals surface area contributed by atoms with Crippen LogP contribution in [-0.4, -0.2) is 38.0 Å². The maximum Gasteiger partial charge on any atom is 0.432 e. The molecule has 0 unspecified atom stereocenters. The van der Waals surface area contributed by atoms with E-state index in [9.17, 15) is 18.8 Å². The fourth-order valence-electron chi connectivity index (χ4n) is 2.06. The van der Waals surface area contributed by atoms with E-state index in [1.807, 2.05) is 0 Å². The van der Waals surface area contributed by atoms with Crippen LogP contribution in [-0.2, 0) is 0 Å². The van der Waals surface area contributed by atoms with Crippen molar-refractivity contribution in [2.45, 2.75) is 0 Å². The molecule has 0 bridgehead atoms. The SMILES string of the molecule is O=C(O)c1cc2c(o1)c(NC(=O)c1ccccc1F)nn2C(=O)O. The molecule has 0 aliphatic heterocycles.